The van der Waals surface area contributed by atoms with E-state index in [1.807, 2.05) is 6.07 Å². The van der Waals surface area contributed by atoms with Crippen LogP contribution in [0.2, 0.25) is 0 Å². The van der Waals surface area contributed by atoms with Crippen molar-refractivity contribution in [2.24, 2.45) is 0 Å². The number of aromatic carboxylic acids is 1. The first-order chi connectivity index (χ1) is 9.87. The number of urea groups is 1. The molecule has 2 amide bonds. The van der Waals surface area contributed by atoms with Crippen LogP contribution in [0, 0.1) is 6.92 Å². The minimum absolute atomic E-state index is 0.194. The number of aldehydes is 2. The number of carboxylic acid groups (broad SMARTS) is 1. The molecular weight excluding hydrogens is 276 g/mol. The smallest absolute Gasteiger partial charge is 0.335 e. The number of nitrogens with one attached hydrogen (secondary N) is 1. The van der Waals surface area contributed by atoms with Crippen LogP contribution in [0.25, 0.3) is 0 Å². The van der Waals surface area contributed by atoms with E-state index in [0.717, 1.165) is 5.56 Å². The standard InChI is InChI=1S/C12H16N2O3.C2H2O2/c1-8-4-5-9(6-10(8)11(15)16)7-14(3)12(17)13-2;3-1-2-4/h4-6H,7H2,1-3H3,(H,13,17)(H,15,16);1-2H. The third kappa shape index (κ3) is 6.33. The quantitative estimate of drug-likeness (QED) is 0.633. The van der Waals surface area contributed by atoms with E-state index in [9.17, 15) is 9.59 Å². The molecule has 0 aliphatic heterocycles. The number of amides is 2. The highest BCUT2D eigenvalue weighted by Gasteiger charge is 2.10. The molecule has 0 fully saturated rings. The summed E-state index contributed by atoms with van der Waals surface area (Å²) < 4.78 is 0. The molecule has 21 heavy (non-hydrogen) atoms. The monoisotopic (exact) mass is 294 g/mol. The maximum Gasteiger partial charge on any atom is 0.335 e. The summed E-state index contributed by atoms with van der Waals surface area (Å²) in [6.07, 6.45) is 0.389. The first kappa shape index (κ1) is 18.3. The number of rotatable bonds is 4. The van der Waals surface area contributed by atoms with Gasteiger partial charge in [0.25, 0.3) is 0 Å². The average molecular weight is 294 g/mol. The second-order valence-electron chi connectivity index (χ2n) is 4.14. The van der Waals surface area contributed by atoms with Gasteiger partial charge in [-0.3, -0.25) is 9.59 Å². The third-order valence-corrected chi connectivity index (χ3v) is 2.57. The molecule has 0 aliphatic carbocycles. The molecule has 7 heteroatoms. The van der Waals surface area contributed by atoms with E-state index in [-0.39, 0.29) is 24.2 Å². The molecule has 0 heterocycles. The van der Waals surface area contributed by atoms with Gasteiger partial charge < -0.3 is 15.3 Å². The van der Waals surface area contributed by atoms with Gasteiger partial charge in [0, 0.05) is 20.6 Å². The summed E-state index contributed by atoms with van der Waals surface area (Å²) in [6, 6.07) is 4.96. The first-order valence-corrected chi connectivity index (χ1v) is 6.02. The molecule has 1 rings (SSSR count). The summed E-state index contributed by atoms with van der Waals surface area (Å²) >= 11 is 0. The second-order valence-corrected chi connectivity index (χ2v) is 4.14. The van der Waals surface area contributed by atoms with E-state index in [4.69, 9.17) is 14.7 Å². The lowest BCUT2D eigenvalue weighted by Gasteiger charge is -2.17. The first-order valence-electron chi connectivity index (χ1n) is 6.02. The number of nitrogens with zero attached hydrogens (tertiary/aromatic N) is 1. The largest absolute Gasteiger partial charge is 0.478 e. The molecule has 2 N–H and O–H groups in total. The highest BCUT2D eigenvalue weighted by molar-refractivity contribution is 6.09. The fourth-order valence-corrected chi connectivity index (χ4v) is 1.53. The number of carbonyl (C=O) groups is 4. The van der Waals surface area contributed by atoms with Crippen molar-refractivity contribution in [1.82, 2.24) is 10.2 Å². The maximum atomic E-state index is 11.3. The van der Waals surface area contributed by atoms with Crippen molar-refractivity contribution in [1.29, 1.82) is 0 Å². The zero-order valence-electron chi connectivity index (χ0n) is 12.1. The van der Waals surface area contributed by atoms with E-state index in [1.54, 1.807) is 33.2 Å². The molecule has 0 unspecified atom stereocenters. The van der Waals surface area contributed by atoms with Crippen LogP contribution in [0.15, 0.2) is 18.2 Å². The molecule has 0 aliphatic rings. The Morgan fingerprint density at radius 2 is 1.86 bits per heavy atom. The summed E-state index contributed by atoms with van der Waals surface area (Å²) in [5.74, 6) is -0.952. The van der Waals surface area contributed by atoms with Crippen molar-refractivity contribution in [3.8, 4) is 0 Å². The Morgan fingerprint density at radius 1 is 1.29 bits per heavy atom. The van der Waals surface area contributed by atoms with Crippen molar-refractivity contribution in [3.05, 3.63) is 34.9 Å². The van der Waals surface area contributed by atoms with E-state index < -0.39 is 5.97 Å². The SMILES string of the molecule is CNC(=O)N(C)Cc1ccc(C)c(C(=O)O)c1.O=CC=O. The molecule has 114 valence electrons. The lowest BCUT2D eigenvalue weighted by atomic mass is 10.0. The van der Waals surface area contributed by atoms with Crippen molar-refractivity contribution < 1.29 is 24.3 Å². The number of hydrogen-bond acceptors (Lipinski definition) is 4. The van der Waals surface area contributed by atoms with Gasteiger partial charge in [0.2, 0.25) is 0 Å². The zero-order chi connectivity index (χ0) is 16.4. The van der Waals surface area contributed by atoms with Crippen molar-refractivity contribution in [2.45, 2.75) is 13.5 Å². The van der Waals surface area contributed by atoms with Gasteiger partial charge in [0.15, 0.2) is 12.6 Å². The number of carboxylic acids is 1. The Labute approximate surface area is 122 Å². The lowest BCUT2D eigenvalue weighted by Crippen LogP contribution is -2.34. The van der Waals surface area contributed by atoms with E-state index in [2.05, 4.69) is 5.32 Å². The van der Waals surface area contributed by atoms with Gasteiger partial charge in [-0.1, -0.05) is 12.1 Å². The predicted molar refractivity (Wildman–Crippen MR) is 76.2 cm³/mol. The number of benzene rings is 1. The molecule has 0 atom stereocenters. The molecule has 0 spiro atoms. The summed E-state index contributed by atoms with van der Waals surface area (Å²) in [5.41, 5.74) is 1.77. The van der Waals surface area contributed by atoms with Gasteiger partial charge in [0.05, 0.1) is 5.56 Å². The van der Waals surface area contributed by atoms with Crippen molar-refractivity contribution in [2.75, 3.05) is 14.1 Å². The van der Waals surface area contributed by atoms with Crippen LogP contribution in [-0.4, -0.2) is 48.7 Å². The molecule has 7 nitrogen and oxygen atoms in total. The van der Waals surface area contributed by atoms with Gasteiger partial charge in [-0.2, -0.15) is 0 Å². The highest BCUT2D eigenvalue weighted by atomic mass is 16.4. The Kier molecular flexibility index (Phi) is 8.05. The van der Waals surface area contributed by atoms with E-state index in [0.29, 0.717) is 12.1 Å². The number of aryl methyl sites for hydroxylation is 1. The van der Waals surface area contributed by atoms with E-state index >= 15 is 0 Å². The van der Waals surface area contributed by atoms with E-state index in [1.165, 1.54) is 4.90 Å². The van der Waals surface area contributed by atoms with Crippen molar-refractivity contribution in [3.63, 3.8) is 0 Å². The third-order valence-electron chi connectivity index (χ3n) is 2.57. The summed E-state index contributed by atoms with van der Waals surface area (Å²) in [7, 11) is 3.20. The molecule has 0 saturated heterocycles. The van der Waals surface area contributed by atoms with Crippen LogP contribution in [0.3, 0.4) is 0 Å². The van der Waals surface area contributed by atoms with Crippen LogP contribution < -0.4 is 5.32 Å². The fraction of sp³-hybridized carbons (Fsp3) is 0.286. The van der Waals surface area contributed by atoms with Crippen LogP contribution in [0.5, 0.6) is 0 Å². The van der Waals surface area contributed by atoms with Gasteiger partial charge in [0.1, 0.15) is 0 Å². The minimum atomic E-state index is -0.952. The highest BCUT2D eigenvalue weighted by Crippen LogP contribution is 2.12. The summed E-state index contributed by atoms with van der Waals surface area (Å²) in [4.78, 5) is 41.4. The number of hydrogen-bond donors (Lipinski definition) is 2. The fourth-order valence-electron chi connectivity index (χ4n) is 1.53. The van der Waals surface area contributed by atoms with Gasteiger partial charge in [-0.05, 0) is 24.1 Å². The summed E-state index contributed by atoms with van der Waals surface area (Å²) in [6.45, 7) is 2.12. The molecule has 0 saturated carbocycles. The Hall–Kier alpha value is -2.70. The van der Waals surface area contributed by atoms with Crippen LogP contribution in [-0.2, 0) is 16.1 Å². The Balaban J connectivity index is 0.000000885. The molecule has 0 aromatic heterocycles. The van der Waals surface area contributed by atoms with Crippen LogP contribution in [0.1, 0.15) is 21.5 Å². The topological polar surface area (TPSA) is 104 Å². The molecule has 1 aromatic carbocycles. The van der Waals surface area contributed by atoms with Gasteiger partial charge >= 0.3 is 12.0 Å². The average Bonchev–Trinajstić information content (AvgIpc) is 2.48. The molecular formula is C14H18N2O5. The predicted octanol–water partition coefficient (Wildman–Crippen LogP) is 0.849. The van der Waals surface area contributed by atoms with Gasteiger partial charge in [-0.15, -0.1) is 0 Å². The minimum Gasteiger partial charge on any atom is -0.478 e. The Bertz CT molecular complexity index is 522. The van der Waals surface area contributed by atoms with Crippen molar-refractivity contribution >= 4 is 24.6 Å². The van der Waals surface area contributed by atoms with Crippen LogP contribution >= 0.6 is 0 Å². The molecule has 0 radical (unpaired) electrons. The summed E-state index contributed by atoms with van der Waals surface area (Å²) in [5, 5.41) is 11.5. The van der Waals surface area contributed by atoms with Gasteiger partial charge in [-0.25, -0.2) is 9.59 Å². The Morgan fingerprint density at radius 3 is 2.29 bits per heavy atom. The lowest BCUT2D eigenvalue weighted by molar-refractivity contribution is -0.122. The maximum absolute atomic E-state index is 11.3. The molecule has 1 aromatic rings. The zero-order valence-corrected chi connectivity index (χ0v) is 12.1. The second kappa shape index (κ2) is 9.24. The molecule has 0 bridgehead atoms. The normalized spacial score (nSPS) is 8.90. The van der Waals surface area contributed by atoms with Crippen LogP contribution in [0.4, 0.5) is 4.79 Å². The number of carbonyl (C=O) groups excluding carboxylic acids is 3.